The van der Waals surface area contributed by atoms with Crippen LogP contribution in [-0.4, -0.2) is 12.9 Å². The van der Waals surface area contributed by atoms with Crippen molar-refractivity contribution in [3.05, 3.63) is 48.0 Å². The summed E-state index contributed by atoms with van der Waals surface area (Å²) < 4.78 is 5.78. The summed E-state index contributed by atoms with van der Waals surface area (Å²) in [5.41, 5.74) is 8.56. The molecule has 84 valence electrons. The first-order chi connectivity index (χ1) is 8.31. The molecule has 0 atom stereocenters. The zero-order valence-corrected chi connectivity index (χ0v) is 9.47. The average molecular weight is 224 g/mol. The van der Waals surface area contributed by atoms with E-state index in [1.807, 2.05) is 42.5 Å². The third kappa shape index (κ3) is 1.40. The van der Waals surface area contributed by atoms with E-state index in [4.69, 9.17) is 10.2 Å². The van der Waals surface area contributed by atoms with Crippen LogP contribution in [0.2, 0.25) is 0 Å². The fourth-order valence-corrected chi connectivity index (χ4v) is 2.11. The van der Waals surface area contributed by atoms with Gasteiger partial charge in [-0.15, -0.1) is 0 Å². The Morgan fingerprint density at radius 2 is 1.82 bits per heavy atom. The molecule has 0 radical (unpaired) electrons. The zero-order valence-electron chi connectivity index (χ0n) is 9.47. The number of rotatable bonds is 1. The van der Waals surface area contributed by atoms with E-state index in [1.165, 1.54) is 0 Å². The van der Waals surface area contributed by atoms with E-state index < -0.39 is 0 Å². The summed E-state index contributed by atoms with van der Waals surface area (Å²) in [6.07, 6.45) is 0. The second-order valence-corrected chi connectivity index (χ2v) is 3.89. The lowest BCUT2D eigenvalue weighted by Crippen LogP contribution is -2.12. The van der Waals surface area contributed by atoms with Crippen molar-refractivity contribution < 1.29 is 4.42 Å². The highest BCUT2D eigenvalue weighted by Gasteiger charge is 2.11. The molecular formula is C14H12N2O. The number of para-hydroxylation sites is 1. The molecule has 0 aliphatic heterocycles. The van der Waals surface area contributed by atoms with E-state index in [2.05, 4.69) is 4.99 Å². The van der Waals surface area contributed by atoms with Gasteiger partial charge in [-0.1, -0.05) is 30.3 Å². The second-order valence-electron chi connectivity index (χ2n) is 3.89. The van der Waals surface area contributed by atoms with Gasteiger partial charge in [-0.25, -0.2) is 0 Å². The van der Waals surface area contributed by atoms with Crippen molar-refractivity contribution in [2.45, 2.75) is 0 Å². The largest absolute Gasteiger partial charge is 0.456 e. The monoisotopic (exact) mass is 224 g/mol. The van der Waals surface area contributed by atoms with E-state index >= 15 is 0 Å². The summed E-state index contributed by atoms with van der Waals surface area (Å²) in [5, 5.41) is 2.11. The number of hydrogen-bond acceptors (Lipinski definition) is 2. The van der Waals surface area contributed by atoms with Crippen molar-refractivity contribution in [1.29, 1.82) is 0 Å². The summed E-state index contributed by atoms with van der Waals surface area (Å²) in [5.74, 6) is 0.530. The number of hydrogen-bond donors (Lipinski definition) is 1. The van der Waals surface area contributed by atoms with Gasteiger partial charge < -0.3 is 10.2 Å². The predicted molar refractivity (Wildman–Crippen MR) is 70.4 cm³/mol. The third-order valence-corrected chi connectivity index (χ3v) is 2.92. The average Bonchev–Trinajstić information content (AvgIpc) is 2.76. The fraction of sp³-hybridized carbons (Fsp3) is 0.0714. The number of aliphatic imine (C=N–C) groups is 1. The Labute approximate surface area is 98.6 Å². The van der Waals surface area contributed by atoms with Gasteiger partial charge in [0.1, 0.15) is 17.0 Å². The first kappa shape index (κ1) is 9.90. The Balaban J connectivity index is 2.52. The van der Waals surface area contributed by atoms with Crippen molar-refractivity contribution in [3.63, 3.8) is 0 Å². The number of amidine groups is 1. The van der Waals surface area contributed by atoms with Gasteiger partial charge >= 0.3 is 0 Å². The molecule has 0 aliphatic rings. The van der Waals surface area contributed by atoms with Crippen LogP contribution in [0.3, 0.4) is 0 Å². The van der Waals surface area contributed by atoms with Gasteiger partial charge in [0.05, 0.1) is 0 Å². The summed E-state index contributed by atoms with van der Waals surface area (Å²) in [7, 11) is 1.69. The third-order valence-electron chi connectivity index (χ3n) is 2.92. The van der Waals surface area contributed by atoms with E-state index in [0.717, 1.165) is 27.5 Å². The quantitative estimate of drug-likeness (QED) is 0.510. The van der Waals surface area contributed by atoms with Crippen LogP contribution in [0.5, 0.6) is 0 Å². The first-order valence-electron chi connectivity index (χ1n) is 5.44. The van der Waals surface area contributed by atoms with E-state index in [9.17, 15) is 0 Å². The Morgan fingerprint density at radius 3 is 2.65 bits per heavy atom. The maximum atomic E-state index is 5.92. The van der Waals surface area contributed by atoms with E-state index in [-0.39, 0.29) is 0 Å². The second kappa shape index (κ2) is 3.63. The maximum Gasteiger partial charge on any atom is 0.136 e. The molecule has 0 saturated heterocycles. The molecule has 17 heavy (non-hydrogen) atoms. The van der Waals surface area contributed by atoms with Gasteiger partial charge in [-0.2, -0.15) is 0 Å². The van der Waals surface area contributed by atoms with Crippen molar-refractivity contribution in [3.8, 4) is 0 Å². The van der Waals surface area contributed by atoms with Crippen LogP contribution in [0.4, 0.5) is 0 Å². The van der Waals surface area contributed by atoms with Gasteiger partial charge in [0, 0.05) is 23.4 Å². The summed E-state index contributed by atoms with van der Waals surface area (Å²) in [4.78, 5) is 4.05. The molecule has 0 spiro atoms. The van der Waals surface area contributed by atoms with Gasteiger partial charge in [-0.05, 0) is 12.1 Å². The van der Waals surface area contributed by atoms with Gasteiger partial charge in [0.25, 0.3) is 0 Å². The lowest BCUT2D eigenvalue weighted by molar-refractivity contribution is 0.669. The normalized spacial score (nSPS) is 12.4. The molecule has 3 rings (SSSR count). The molecule has 0 saturated carbocycles. The van der Waals surface area contributed by atoms with Crippen molar-refractivity contribution in [1.82, 2.24) is 0 Å². The lowest BCUT2D eigenvalue weighted by atomic mass is 10.1. The standard InChI is InChI=1S/C14H12N2O/c1-16-14(15)10-6-4-8-12-13(10)9-5-2-3-7-11(9)17-12/h2-8H,1H3,(H2,15,16). The fourth-order valence-electron chi connectivity index (χ4n) is 2.11. The molecule has 2 aromatic carbocycles. The van der Waals surface area contributed by atoms with Crippen LogP contribution in [0.15, 0.2) is 51.9 Å². The highest BCUT2D eigenvalue weighted by atomic mass is 16.3. The van der Waals surface area contributed by atoms with Crippen LogP contribution in [0, 0.1) is 0 Å². The molecule has 1 heterocycles. The van der Waals surface area contributed by atoms with Crippen molar-refractivity contribution in [2.24, 2.45) is 10.7 Å². The number of fused-ring (bicyclic) bond motifs is 3. The molecule has 0 bridgehead atoms. The molecule has 0 aliphatic carbocycles. The SMILES string of the molecule is CN=C(N)c1cccc2oc3ccccc3c12. The molecule has 0 amide bonds. The zero-order chi connectivity index (χ0) is 11.8. The van der Waals surface area contributed by atoms with Crippen molar-refractivity contribution >= 4 is 27.8 Å². The molecule has 3 aromatic rings. The number of nitrogens with two attached hydrogens (primary N) is 1. The molecule has 3 nitrogen and oxygen atoms in total. The Morgan fingerprint density at radius 1 is 1.06 bits per heavy atom. The predicted octanol–water partition coefficient (Wildman–Crippen LogP) is 2.92. The minimum atomic E-state index is 0.530. The highest BCUT2D eigenvalue weighted by Crippen LogP contribution is 2.30. The van der Waals surface area contributed by atoms with Gasteiger partial charge in [0.2, 0.25) is 0 Å². The molecule has 2 N–H and O–H groups in total. The summed E-state index contributed by atoms with van der Waals surface area (Å²) >= 11 is 0. The van der Waals surface area contributed by atoms with E-state index in [0.29, 0.717) is 5.84 Å². The van der Waals surface area contributed by atoms with Crippen LogP contribution >= 0.6 is 0 Å². The van der Waals surface area contributed by atoms with Crippen LogP contribution < -0.4 is 5.73 Å². The Kier molecular flexibility index (Phi) is 2.11. The highest BCUT2D eigenvalue weighted by molar-refractivity contribution is 6.17. The maximum absolute atomic E-state index is 5.92. The summed E-state index contributed by atoms with van der Waals surface area (Å²) in [6, 6.07) is 13.8. The number of nitrogens with zero attached hydrogens (tertiary/aromatic N) is 1. The molecule has 0 fully saturated rings. The Hall–Kier alpha value is -2.29. The topological polar surface area (TPSA) is 51.5 Å². The first-order valence-corrected chi connectivity index (χ1v) is 5.44. The van der Waals surface area contributed by atoms with Crippen molar-refractivity contribution in [2.75, 3.05) is 7.05 Å². The number of benzene rings is 2. The van der Waals surface area contributed by atoms with Crippen LogP contribution in [0.1, 0.15) is 5.56 Å². The minimum Gasteiger partial charge on any atom is -0.456 e. The lowest BCUT2D eigenvalue weighted by Gasteiger charge is -2.01. The molecular weight excluding hydrogens is 212 g/mol. The van der Waals surface area contributed by atoms with Crippen LogP contribution in [0.25, 0.3) is 21.9 Å². The molecule has 3 heteroatoms. The van der Waals surface area contributed by atoms with Gasteiger partial charge in [0.15, 0.2) is 0 Å². The summed E-state index contributed by atoms with van der Waals surface area (Å²) in [6.45, 7) is 0. The molecule has 0 unspecified atom stereocenters. The molecule has 1 aromatic heterocycles. The Bertz CT molecular complexity index is 725. The van der Waals surface area contributed by atoms with Gasteiger partial charge in [-0.3, -0.25) is 4.99 Å². The minimum absolute atomic E-state index is 0.530. The number of furan rings is 1. The smallest absolute Gasteiger partial charge is 0.136 e. The van der Waals surface area contributed by atoms with Crippen LogP contribution in [-0.2, 0) is 0 Å². The van der Waals surface area contributed by atoms with E-state index in [1.54, 1.807) is 7.05 Å².